The van der Waals surface area contributed by atoms with E-state index in [0.29, 0.717) is 17.5 Å². The summed E-state index contributed by atoms with van der Waals surface area (Å²) >= 11 is 0. The zero-order valence-electron chi connectivity index (χ0n) is 9.73. The molecule has 0 saturated carbocycles. The highest BCUT2D eigenvalue weighted by molar-refractivity contribution is 5.97. The van der Waals surface area contributed by atoms with E-state index < -0.39 is 0 Å². The van der Waals surface area contributed by atoms with Gasteiger partial charge in [0.25, 0.3) is 0 Å². The van der Waals surface area contributed by atoms with E-state index in [1.165, 1.54) is 6.07 Å². The van der Waals surface area contributed by atoms with Gasteiger partial charge in [0, 0.05) is 12.0 Å². The van der Waals surface area contributed by atoms with Gasteiger partial charge in [0.2, 0.25) is 0 Å². The fourth-order valence-corrected chi connectivity index (χ4v) is 1.49. The average Bonchev–Trinajstić information content (AvgIpc) is 2.06. The second-order valence-electron chi connectivity index (χ2n) is 5.07. The van der Waals surface area contributed by atoms with Crippen LogP contribution in [0.3, 0.4) is 0 Å². The molecular formula is C13H17FO. The first-order valence-corrected chi connectivity index (χ1v) is 5.09. The smallest absolute Gasteiger partial charge is 0.163 e. The number of rotatable bonds is 2. The van der Waals surface area contributed by atoms with Crippen LogP contribution in [0, 0.1) is 18.2 Å². The van der Waals surface area contributed by atoms with Crippen molar-refractivity contribution < 1.29 is 9.18 Å². The monoisotopic (exact) mass is 208 g/mol. The van der Waals surface area contributed by atoms with Crippen molar-refractivity contribution in [3.63, 3.8) is 0 Å². The van der Waals surface area contributed by atoms with E-state index in [-0.39, 0.29) is 17.0 Å². The van der Waals surface area contributed by atoms with Gasteiger partial charge in [-0.05, 0) is 24.0 Å². The van der Waals surface area contributed by atoms with Crippen LogP contribution in [0.5, 0.6) is 0 Å². The minimum Gasteiger partial charge on any atom is -0.294 e. The fraction of sp³-hybridized carbons (Fsp3) is 0.462. The summed E-state index contributed by atoms with van der Waals surface area (Å²) in [6.07, 6.45) is 0.442. The molecule has 0 atom stereocenters. The summed E-state index contributed by atoms with van der Waals surface area (Å²) in [5.41, 5.74) is 0.896. The third kappa shape index (κ3) is 3.15. The molecule has 0 bridgehead atoms. The number of halogens is 1. The van der Waals surface area contributed by atoms with Crippen LogP contribution in [0.2, 0.25) is 0 Å². The highest BCUT2D eigenvalue weighted by Crippen LogP contribution is 2.23. The maximum Gasteiger partial charge on any atom is 0.163 e. The molecule has 1 rings (SSSR count). The fourth-order valence-electron chi connectivity index (χ4n) is 1.49. The van der Waals surface area contributed by atoms with Crippen LogP contribution >= 0.6 is 0 Å². The number of carbonyl (C=O) groups is 1. The summed E-state index contributed by atoms with van der Waals surface area (Å²) in [6, 6.07) is 4.65. The molecule has 2 heteroatoms. The van der Waals surface area contributed by atoms with E-state index in [4.69, 9.17) is 0 Å². The van der Waals surface area contributed by atoms with E-state index in [0.717, 1.165) is 0 Å². The van der Waals surface area contributed by atoms with Crippen LogP contribution in [0.1, 0.15) is 43.1 Å². The Morgan fingerprint density at radius 2 is 1.93 bits per heavy atom. The van der Waals surface area contributed by atoms with Crippen molar-refractivity contribution in [1.82, 2.24) is 0 Å². The third-order valence-electron chi connectivity index (χ3n) is 2.26. The summed E-state index contributed by atoms with van der Waals surface area (Å²) in [7, 11) is 0. The van der Waals surface area contributed by atoms with Gasteiger partial charge in [-0.25, -0.2) is 4.39 Å². The van der Waals surface area contributed by atoms with Gasteiger partial charge in [-0.15, -0.1) is 0 Å². The Labute approximate surface area is 90.3 Å². The van der Waals surface area contributed by atoms with E-state index in [1.54, 1.807) is 19.1 Å². The highest BCUT2D eigenvalue weighted by atomic mass is 19.1. The van der Waals surface area contributed by atoms with Crippen molar-refractivity contribution in [2.45, 2.75) is 34.1 Å². The van der Waals surface area contributed by atoms with Crippen LogP contribution in [-0.4, -0.2) is 5.78 Å². The first-order chi connectivity index (χ1) is 6.81. The molecule has 82 valence electrons. The lowest BCUT2D eigenvalue weighted by molar-refractivity contribution is 0.0939. The van der Waals surface area contributed by atoms with Gasteiger partial charge < -0.3 is 0 Å². The Morgan fingerprint density at radius 3 is 2.47 bits per heavy atom. The number of ketones is 1. The molecule has 0 amide bonds. The minimum atomic E-state index is -0.310. The number of Topliss-reactive ketones (excluding diaryl/α,β-unsaturated/α-hetero) is 1. The maximum absolute atomic E-state index is 13.2. The second-order valence-corrected chi connectivity index (χ2v) is 5.07. The summed E-state index contributed by atoms with van der Waals surface area (Å²) < 4.78 is 13.2. The Hall–Kier alpha value is -1.18. The van der Waals surface area contributed by atoms with Crippen LogP contribution in [-0.2, 0) is 0 Å². The zero-order valence-corrected chi connectivity index (χ0v) is 9.73. The number of carbonyl (C=O) groups excluding carboxylic acids is 1. The molecule has 1 aromatic carbocycles. The summed E-state index contributed by atoms with van der Waals surface area (Å²) in [5.74, 6) is -0.297. The average molecular weight is 208 g/mol. The zero-order chi connectivity index (χ0) is 11.6. The lowest BCUT2D eigenvalue weighted by Crippen LogP contribution is -2.14. The molecule has 0 aliphatic heterocycles. The van der Waals surface area contributed by atoms with Gasteiger partial charge in [0.15, 0.2) is 5.78 Å². The molecule has 0 aliphatic rings. The number of benzene rings is 1. The Balaban J connectivity index is 2.97. The third-order valence-corrected chi connectivity index (χ3v) is 2.26. The van der Waals surface area contributed by atoms with E-state index >= 15 is 0 Å². The molecule has 0 heterocycles. The highest BCUT2D eigenvalue weighted by Gasteiger charge is 2.19. The quantitative estimate of drug-likeness (QED) is 0.676. The maximum atomic E-state index is 13.2. The number of hydrogen-bond donors (Lipinski definition) is 0. The van der Waals surface area contributed by atoms with E-state index in [2.05, 4.69) is 0 Å². The molecule has 0 aromatic heterocycles. The van der Waals surface area contributed by atoms with Crippen molar-refractivity contribution in [3.05, 3.63) is 35.1 Å². The lowest BCUT2D eigenvalue weighted by atomic mass is 9.87. The predicted octanol–water partition coefficient (Wildman–Crippen LogP) is 3.75. The number of hydrogen-bond acceptors (Lipinski definition) is 1. The van der Waals surface area contributed by atoms with Gasteiger partial charge in [-0.3, -0.25) is 4.79 Å². The predicted molar refractivity (Wildman–Crippen MR) is 59.5 cm³/mol. The first-order valence-electron chi connectivity index (χ1n) is 5.09. The van der Waals surface area contributed by atoms with Gasteiger partial charge in [0.1, 0.15) is 5.82 Å². The van der Waals surface area contributed by atoms with Gasteiger partial charge >= 0.3 is 0 Å². The Morgan fingerprint density at radius 1 is 1.33 bits per heavy atom. The summed E-state index contributed by atoms with van der Waals surface area (Å²) in [4.78, 5) is 11.9. The van der Waals surface area contributed by atoms with Crippen molar-refractivity contribution in [1.29, 1.82) is 0 Å². The molecule has 1 aromatic rings. The van der Waals surface area contributed by atoms with Crippen LogP contribution in [0.15, 0.2) is 18.2 Å². The van der Waals surface area contributed by atoms with Crippen molar-refractivity contribution in [3.8, 4) is 0 Å². The standard InChI is InChI=1S/C13H17FO/c1-9-10(6-5-7-11(9)14)12(15)8-13(2,3)4/h5-7H,8H2,1-4H3. The SMILES string of the molecule is Cc1c(F)cccc1C(=O)CC(C)(C)C. The van der Waals surface area contributed by atoms with Crippen molar-refractivity contribution in [2.24, 2.45) is 5.41 Å². The molecule has 15 heavy (non-hydrogen) atoms. The van der Waals surface area contributed by atoms with Crippen molar-refractivity contribution >= 4 is 5.78 Å². The molecule has 0 unspecified atom stereocenters. The van der Waals surface area contributed by atoms with Crippen LogP contribution < -0.4 is 0 Å². The van der Waals surface area contributed by atoms with E-state index in [9.17, 15) is 9.18 Å². The molecule has 0 aliphatic carbocycles. The normalized spacial score (nSPS) is 11.5. The lowest BCUT2D eigenvalue weighted by Gasteiger charge is -2.17. The van der Waals surface area contributed by atoms with Crippen LogP contribution in [0.4, 0.5) is 4.39 Å². The van der Waals surface area contributed by atoms with Gasteiger partial charge in [-0.2, -0.15) is 0 Å². The summed E-state index contributed by atoms with van der Waals surface area (Å²) in [6.45, 7) is 7.64. The Bertz CT molecular complexity index is 375. The van der Waals surface area contributed by atoms with Gasteiger partial charge in [0.05, 0.1) is 0 Å². The second kappa shape index (κ2) is 4.13. The Kier molecular flexibility index (Phi) is 3.28. The van der Waals surface area contributed by atoms with Crippen LogP contribution in [0.25, 0.3) is 0 Å². The molecule has 0 saturated heterocycles. The molecule has 0 fully saturated rings. The first kappa shape index (κ1) is 11.9. The van der Waals surface area contributed by atoms with Crippen molar-refractivity contribution in [2.75, 3.05) is 0 Å². The van der Waals surface area contributed by atoms with Gasteiger partial charge in [-0.1, -0.05) is 32.9 Å². The summed E-state index contributed by atoms with van der Waals surface area (Å²) in [5, 5.41) is 0. The minimum absolute atomic E-state index is 0.0134. The topological polar surface area (TPSA) is 17.1 Å². The molecular weight excluding hydrogens is 191 g/mol. The molecule has 0 N–H and O–H groups in total. The molecule has 0 spiro atoms. The molecule has 1 nitrogen and oxygen atoms in total. The van der Waals surface area contributed by atoms with E-state index in [1.807, 2.05) is 20.8 Å². The molecule has 0 radical (unpaired) electrons. The largest absolute Gasteiger partial charge is 0.294 e.